The van der Waals surface area contributed by atoms with Crippen molar-refractivity contribution in [1.82, 2.24) is 4.90 Å². The summed E-state index contributed by atoms with van der Waals surface area (Å²) in [5, 5.41) is 20.1. The van der Waals surface area contributed by atoms with Gasteiger partial charge in [0.15, 0.2) is 0 Å². The van der Waals surface area contributed by atoms with Crippen molar-refractivity contribution in [3.63, 3.8) is 0 Å². The lowest BCUT2D eigenvalue weighted by Gasteiger charge is -2.19. The number of hydrogen-bond donors (Lipinski definition) is 2. The van der Waals surface area contributed by atoms with E-state index in [2.05, 4.69) is 4.90 Å². The van der Waals surface area contributed by atoms with E-state index in [4.69, 9.17) is 28.3 Å². The van der Waals surface area contributed by atoms with Crippen LogP contribution in [0.15, 0.2) is 18.2 Å². The molecule has 1 aliphatic heterocycles. The summed E-state index contributed by atoms with van der Waals surface area (Å²) in [5.41, 5.74) is 0.699. The van der Waals surface area contributed by atoms with Crippen LogP contribution in [-0.2, 0) is 0 Å². The Morgan fingerprint density at radius 1 is 1.35 bits per heavy atom. The summed E-state index contributed by atoms with van der Waals surface area (Å²) in [4.78, 5) is 2.34. The molecule has 1 aromatic rings. The zero-order chi connectivity index (χ0) is 14.5. The smallest absolute Gasteiger partial charge is 0.0817 e. The van der Waals surface area contributed by atoms with Crippen LogP contribution in [0.25, 0.3) is 0 Å². The van der Waals surface area contributed by atoms with Crippen LogP contribution in [-0.4, -0.2) is 41.4 Å². The highest BCUT2D eigenvalue weighted by atomic mass is 35.5. The van der Waals surface area contributed by atoms with Crippen LogP contribution < -0.4 is 0 Å². The van der Waals surface area contributed by atoms with Gasteiger partial charge in [0.1, 0.15) is 0 Å². The Labute approximate surface area is 130 Å². The van der Waals surface area contributed by atoms with Gasteiger partial charge >= 0.3 is 0 Å². The van der Waals surface area contributed by atoms with Gasteiger partial charge in [-0.15, -0.1) is 0 Å². The van der Waals surface area contributed by atoms with Crippen molar-refractivity contribution in [2.75, 3.05) is 26.2 Å². The maximum atomic E-state index is 10.2. The number of halogens is 2. The summed E-state index contributed by atoms with van der Waals surface area (Å²) < 4.78 is 0. The molecule has 3 nitrogen and oxygen atoms in total. The van der Waals surface area contributed by atoms with Crippen molar-refractivity contribution in [2.45, 2.75) is 25.4 Å². The maximum Gasteiger partial charge on any atom is 0.0817 e. The lowest BCUT2D eigenvalue weighted by Crippen LogP contribution is -2.23. The molecule has 5 heteroatoms. The second-order valence-electron chi connectivity index (χ2n) is 5.42. The number of aliphatic hydroxyl groups excluding tert-OH is 2. The first kappa shape index (κ1) is 16.1. The van der Waals surface area contributed by atoms with E-state index in [-0.39, 0.29) is 6.61 Å². The third-order valence-electron chi connectivity index (χ3n) is 3.97. The Morgan fingerprint density at radius 3 is 2.90 bits per heavy atom. The first-order valence-electron chi connectivity index (χ1n) is 7.07. The number of aliphatic hydroxyl groups is 2. The summed E-state index contributed by atoms with van der Waals surface area (Å²) in [6.45, 7) is 3.16. The minimum atomic E-state index is -0.585. The van der Waals surface area contributed by atoms with Gasteiger partial charge in [0.2, 0.25) is 0 Å². The predicted molar refractivity (Wildman–Crippen MR) is 82.3 cm³/mol. The average Bonchev–Trinajstić information content (AvgIpc) is 2.87. The fraction of sp³-hybridized carbons (Fsp3) is 0.600. The van der Waals surface area contributed by atoms with Crippen LogP contribution >= 0.6 is 23.2 Å². The molecule has 112 valence electrons. The fourth-order valence-electron chi connectivity index (χ4n) is 2.77. The van der Waals surface area contributed by atoms with Gasteiger partial charge in [-0.25, -0.2) is 0 Å². The monoisotopic (exact) mass is 317 g/mol. The van der Waals surface area contributed by atoms with Gasteiger partial charge in [-0.05, 0) is 37.8 Å². The third kappa shape index (κ3) is 4.09. The normalized spacial score (nSPS) is 21.3. The SMILES string of the molecule is OCCC1CCN(CCC(O)c2cccc(Cl)c2Cl)C1. The minimum Gasteiger partial charge on any atom is -0.396 e. The lowest BCUT2D eigenvalue weighted by molar-refractivity contribution is 0.147. The molecule has 1 aromatic carbocycles. The van der Waals surface area contributed by atoms with Gasteiger partial charge in [0.25, 0.3) is 0 Å². The van der Waals surface area contributed by atoms with Gasteiger partial charge < -0.3 is 15.1 Å². The van der Waals surface area contributed by atoms with E-state index >= 15 is 0 Å². The maximum absolute atomic E-state index is 10.2. The van der Waals surface area contributed by atoms with Crippen LogP contribution in [0.1, 0.15) is 30.9 Å². The van der Waals surface area contributed by atoms with Gasteiger partial charge in [0, 0.05) is 25.3 Å². The van der Waals surface area contributed by atoms with Crippen molar-refractivity contribution in [3.8, 4) is 0 Å². The fourth-order valence-corrected chi connectivity index (χ4v) is 3.21. The zero-order valence-electron chi connectivity index (χ0n) is 11.4. The van der Waals surface area contributed by atoms with E-state index in [9.17, 15) is 5.11 Å². The second-order valence-corrected chi connectivity index (χ2v) is 6.20. The highest BCUT2D eigenvalue weighted by molar-refractivity contribution is 6.42. The topological polar surface area (TPSA) is 43.7 Å². The van der Waals surface area contributed by atoms with Gasteiger partial charge in [-0.3, -0.25) is 0 Å². The van der Waals surface area contributed by atoms with E-state index in [0.717, 1.165) is 32.5 Å². The van der Waals surface area contributed by atoms with Crippen molar-refractivity contribution in [3.05, 3.63) is 33.8 Å². The minimum absolute atomic E-state index is 0.263. The molecule has 20 heavy (non-hydrogen) atoms. The molecule has 1 saturated heterocycles. The molecule has 1 heterocycles. The van der Waals surface area contributed by atoms with Gasteiger partial charge in [0.05, 0.1) is 16.1 Å². The van der Waals surface area contributed by atoms with Gasteiger partial charge in [-0.2, -0.15) is 0 Å². The van der Waals surface area contributed by atoms with Crippen LogP contribution in [0, 0.1) is 5.92 Å². The van der Waals surface area contributed by atoms with E-state index in [1.54, 1.807) is 12.1 Å². The first-order valence-corrected chi connectivity index (χ1v) is 7.82. The average molecular weight is 318 g/mol. The summed E-state index contributed by atoms with van der Waals surface area (Å²) in [6.07, 6.45) is 2.07. The largest absolute Gasteiger partial charge is 0.396 e. The molecule has 2 rings (SSSR count). The molecule has 2 atom stereocenters. The molecule has 1 aliphatic rings. The molecule has 2 unspecified atom stereocenters. The van der Waals surface area contributed by atoms with Crippen molar-refractivity contribution >= 4 is 23.2 Å². The van der Waals surface area contributed by atoms with Crippen LogP contribution in [0.2, 0.25) is 10.0 Å². The third-order valence-corrected chi connectivity index (χ3v) is 4.80. The second kappa shape index (κ2) is 7.62. The van der Waals surface area contributed by atoms with Gasteiger partial charge in [-0.1, -0.05) is 35.3 Å². The summed E-state index contributed by atoms with van der Waals surface area (Å²) in [6, 6.07) is 5.34. The first-order chi connectivity index (χ1) is 9.61. The highest BCUT2D eigenvalue weighted by Gasteiger charge is 2.23. The summed E-state index contributed by atoms with van der Waals surface area (Å²) in [5.74, 6) is 0.590. The molecule has 2 N–H and O–H groups in total. The number of nitrogens with zero attached hydrogens (tertiary/aromatic N) is 1. The van der Waals surface area contributed by atoms with Crippen LogP contribution in [0.3, 0.4) is 0 Å². The Bertz CT molecular complexity index is 442. The van der Waals surface area contributed by atoms with E-state index < -0.39 is 6.10 Å². The summed E-state index contributed by atoms with van der Waals surface area (Å²) >= 11 is 12.1. The van der Waals surface area contributed by atoms with E-state index in [0.29, 0.717) is 27.9 Å². The molecule has 0 aromatic heterocycles. The number of likely N-dealkylation sites (tertiary alicyclic amines) is 1. The Kier molecular flexibility index (Phi) is 6.12. The molecule has 1 fully saturated rings. The molecule has 0 bridgehead atoms. The zero-order valence-corrected chi connectivity index (χ0v) is 12.9. The number of rotatable bonds is 6. The number of benzene rings is 1. The Hall–Kier alpha value is -0.320. The molecule has 0 saturated carbocycles. The molecular formula is C15H21Cl2NO2. The lowest BCUT2D eigenvalue weighted by atomic mass is 10.1. The van der Waals surface area contributed by atoms with Crippen molar-refractivity contribution in [2.24, 2.45) is 5.92 Å². The van der Waals surface area contributed by atoms with Crippen molar-refractivity contribution in [1.29, 1.82) is 0 Å². The summed E-state index contributed by atoms with van der Waals surface area (Å²) in [7, 11) is 0. The quantitative estimate of drug-likeness (QED) is 0.847. The molecular weight excluding hydrogens is 297 g/mol. The Balaban J connectivity index is 1.84. The van der Waals surface area contributed by atoms with Crippen LogP contribution in [0.5, 0.6) is 0 Å². The van der Waals surface area contributed by atoms with E-state index in [1.165, 1.54) is 0 Å². The van der Waals surface area contributed by atoms with Crippen LogP contribution in [0.4, 0.5) is 0 Å². The molecule has 0 aliphatic carbocycles. The Morgan fingerprint density at radius 2 is 2.15 bits per heavy atom. The standard InChI is InChI=1S/C15H21Cl2NO2/c16-13-3-1-2-12(15(13)17)14(20)5-8-18-7-4-11(10-18)6-9-19/h1-3,11,14,19-20H,4-10H2. The number of hydrogen-bond acceptors (Lipinski definition) is 3. The molecule has 0 amide bonds. The highest BCUT2D eigenvalue weighted by Crippen LogP contribution is 2.31. The predicted octanol–water partition coefficient (Wildman–Crippen LogP) is 3.12. The molecule has 0 radical (unpaired) electrons. The molecule has 0 spiro atoms. The van der Waals surface area contributed by atoms with Crippen molar-refractivity contribution < 1.29 is 10.2 Å². The van der Waals surface area contributed by atoms with E-state index in [1.807, 2.05) is 6.07 Å².